The molecule has 1 heterocycles. The number of rotatable bonds is 4. The number of nitrogens with zero attached hydrogens (tertiary/aromatic N) is 1. The highest BCUT2D eigenvalue weighted by molar-refractivity contribution is 7.91. The summed E-state index contributed by atoms with van der Waals surface area (Å²) in [6.07, 6.45) is 0. The number of fused-ring (bicyclic) bond motifs is 1. The summed E-state index contributed by atoms with van der Waals surface area (Å²) in [5.41, 5.74) is -0.465. The molecule has 20 heavy (non-hydrogen) atoms. The van der Waals surface area contributed by atoms with E-state index in [4.69, 9.17) is 9.52 Å². The number of sulfone groups is 1. The van der Waals surface area contributed by atoms with Gasteiger partial charge in [0, 0.05) is 11.5 Å². The van der Waals surface area contributed by atoms with Crippen LogP contribution < -0.4 is 0 Å². The smallest absolute Gasteiger partial charge is 0.373 e. The molecule has 0 spiro atoms. The van der Waals surface area contributed by atoms with Crippen LogP contribution in [0.4, 0.5) is 5.69 Å². The first kappa shape index (κ1) is 14.0. The number of aromatic carboxylic acids is 1. The maximum Gasteiger partial charge on any atom is 0.373 e. The van der Waals surface area contributed by atoms with E-state index >= 15 is 0 Å². The summed E-state index contributed by atoms with van der Waals surface area (Å²) in [5.74, 6) is -2.59. The van der Waals surface area contributed by atoms with Gasteiger partial charge in [0.25, 0.3) is 5.69 Å². The van der Waals surface area contributed by atoms with Crippen molar-refractivity contribution in [3.05, 3.63) is 34.1 Å². The Morgan fingerprint density at radius 1 is 1.45 bits per heavy atom. The standard InChI is InChI=1S/C11H9NO7S/c1-2-20(17,18)10-7-4-3-6(12(15)16)5-8(7)19-9(10)11(13)14/h3-5H,2H2,1H3,(H,13,14). The molecule has 9 heteroatoms. The molecule has 1 aromatic carbocycles. The number of carboxylic acids is 1. The van der Waals surface area contributed by atoms with Crippen LogP contribution in [0.2, 0.25) is 0 Å². The van der Waals surface area contributed by atoms with Crippen LogP contribution in [-0.2, 0) is 9.84 Å². The number of hydrogen-bond donors (Lipinski definition) is 1. The lowest BCUT2D eigenvalue weighted by molar-refractivity contribution is -0.384. The van der Waals surface area contributed by atoms with E-state index in [2.05, 4.69) is 0 Å². The first-order valence-corrected chi connectivity index (χ1v) is 7.10. The van der Waals surface area contributed by atoms with Crippen molar-refractivity contribution in [2.75, 3.05) is 5.75 Å². The number of carboxylic acid groups (broad SMARTS) is 1. The van der Waals surface area contributed by atoms with Gasteiger partial charge in [0.2, 0.25) is 5.76 Å². The second kappa shape index (κ2) is 4.60. The van der Waals surface area contributed by atoms with E-state index < -0.39 is 31.4 Å². The summed E-state index contributed by atoms with van der Waals surface area (Å²) in [6, 6.07) is 3.26. The summed E-state index contributed by atoms with van der Waals surface area (Å²) in [6.45, 7) is 1.37. The molecule has 0 aliphatic carbocycles. The Morgan fingerprint density at radius 2 is 2.10 bits per heavy atom. The van der Waals surface area contributed by atoms with E-state index in [9.17, 15) is 23.3 Å². The van der Waals surface area contributed by atoms with Crippen LogP contribution >= 0.6 is 0 Å². The minimum Gasteiger partial charge on any atom is -0.475 e. The van der Waals surface area contributed by atoms with Gasteiger partial charge in [0.15, 0.2) is 9.84 Å². The molecule has 106 valence electrons. The zero-order chi connectivity index (χ0) is 15.1. The van der Waals surface area contributed by atoms with E-state index in [1.807, 2.05) is 0 Å². The molecule has 0 bridgehead atoms. The van der Waals surface area contributed by atoms with Crippen LogP contribution in [0.5, 0.6) is 0 Å². The van der Waals surface area contributed by atoms with E-state index in [0.717, 1.165) is 12.1 Å². The van der Waals surface area contributed by atoms with Gasteiger partial charge in [0.05, 0.1) is 16.7 Å². The van der Waals surface area contributed by atoms with Gasteiger partial charge in [-0.2, -0.15) is 0 Å². The van der Waals surface area contributed by atoms with E-state index in [-0.39, 0.29) is 22.4 Å². The van der Waals surface area contributed by atoms with Crippen molar-refractivity contribution < 1.29 is 27.7 Å². The minimum absolute atomic E-state index is 0.0230. The van der Waals surface area contributed by atoms with Gasteiger partial charge >= 0.3 is 5.97 Å². The van der Waals surface area contributed by atoms with Gasteiger partial charge < -0.3 is 9.52 Å². The molecule has 0 saturated carbocycles. The molecular formula is C11H9NO7S. The van der Waals surface area contributed by atoms with Crippen LogP contribution in [0, 0.1) is 10.1 Å². The highest BCUT2D eigenvalue weighted by Gasteiger charge is 2.29. The number of nitro benzene ring substituents is 1. The fraction of sp³-hybridized carbons (Fsp3) is 0.182. The average Bonchev–Trinajstić information content (AvgIpc) is 2.77. The van der Waals surface area contributed by atoms with Crippen molar-refractivity contribution in [1.82, 2.24) is 0 Å². The first-order chi connectivity index (χ1) is 9.27. The Morgan fingerprint density at radius 3 is 2.60 bits per heavy atom. The normalized spacial score (nSPS) is 11.7. The molecule has 0 saturated heterocycles. The molecule has 0 unspecified atom stereocenters. The minimum atomic E-state index is -3.83. The SMILES string of the molecule is CCS(=O)(=O)c1c(C(=O)O)oc2cc([N+](=O)[O-])ccc12. The van der Waals surface area contributed by atoms with E-state index in [1.165, 1.54) is 13.0 Å². The topological polar surface area (TPSA) is 128 Å². The van der Waals surface area contributed by atoms with Gasteiger partial charge in [-0.15, -0.1) is 0 Å². The quantitative estimate of drug-likeness (QED) is 0.673. The molecule has 0 atom stereocenters. The summed E-state index contributed by atoms with van der Waals surface area (Å²) in [4.78, 5) is 20.6. The number of nitro groups is 1. The van der Waals surface area contributed by atoms with Crippen LogP contribution in [0.25, 0.3) is 11.0 Å². The molecule has 0 amide bonds. The Balaban J connectivity index is 2.88. The summed E-state index contributed by atoms with van der Waals surface area (Å²) in [7, 11) is -3.83. The van der Waals surface area contributed by atoms with Crippen LogP contribution in [-0.4, -0.2) is 30.2 Å². The fourth-order valence-electron chi connectivity index (χ4n) is 1.77. The maximum absolute atomic E-state index is 12.0. The number of carbonyl (C=O) groups is 1. The number of furan rings is 1. The Bertz CT molecular complexity index is 819. The predicted octanol–water partition coefficient (Wildman–Crippen LogP) is 1.83. The lowest BCUT2D eigenvalue weighted by Crippen LogP contribution is -2.08. The molecule has 0 fully saturated rings. The third-order valence-electron chi connectivity index (χ3n) is 2.72. The van der Waals surface area contributed by atoms with Gasteiger partial charge in [-0.3, -0.25) is 10.1 Å². The third kappa shape index (κ3) is 2.11. The van der Waals surface area contributed by atoms with Crippen molar-refractivity contribution in [3.63, 3.8) is 0 Å². The molecule has 1 aromatic heterocycles. The van der Waals surface area contributed by atoms with Crippen molar-refractivity contribution in [3.8, 4) is 0 Å². The maximum atomic E-state index is 12.0. The van der Waals surface area contributed by atoms with Gasteiger partial charge in [-0.25, -0.2) is 13.2 Å². The second-order valence-corrected chi connectivity index (χ2v) is 6.12. The second-order valence-electron chi connectivity index (χ2n) is 3.91. The van der Waals surface area contributed by atoms with Gasteiger partial charge in [-0.05, 0) is 6.07 Å². The highest BCUT2D eigenvalue weighted by atomic mass is 32.2. The van der Waals surface area contributed by atoms with Crippen molar-refractivity contribution in [1.29, 1.82) is 0 Å². The van der Waals surface area contributed by atoms with E-state index in [1.54, 1.807) is 0 Å². The molecule has 2 aromatic rings. The molecule has 0 radical (unpaired) electrons. The Kier molecular flexibility index (Phi) is 3.22. The number of hydrogen-bond acceptors (Lipinski definition) is 6. The third-order valence-corrected chi connectivity index (χ3v) is 4.51. The monoisotopic (exact) mass is 299 g/mol. The van der Waals surface area contributed by atoms with E-state index in [0.29, 0.717) is 0 Å². The molecular weight excluding hydrogens is 290 g/mol. The predicted molar refractivity (Wildman–Crippen MR) is 67.6 cm³/mol. The van der Waals surface area contributed by atoms with Crippen molar-refractivity contribution in [2.24, 2.45) is 0 Å². The molecule has 0 aliphatic rings. The van der Waals surface area contributed by atoms with Crippen LogP contribution in [0.1, 0.15) is 17.5 Å². The van der Waals surface area contributed by atoms with Crippen LogP contribution in [0.3, 0.4) is 0 Å². The lowest BCUT2D eigenvalue weighted by Gasteiger charge is -1.99. The zero-order valence-electron chi connectivity index (χ0n) is 10.2. The van der Waals surface area contributed by atoms with Crippen molar-refractivity contribution in [2.45, 2.75) is 11.8 Å². The van der Waals surface area contributed by atoms with Gasteiger partial charge in [-0.1, -0.05) is 6.92 Å². The zero-order valence-corrected chi connectivity index (χ0v) is 11.0. The number of non-ortho nitro benzene ring substituents is 1. The van der Waals surface area contributed by atoms with Crippen LogP contribution in [0.15, 0.2) is 27.5 Å². The Hall–Kier alpha value is -2.42. The summed E-state index contributed by atoms with van der Waals surface area (Å²) >= 11 is 0. The van der Waals surface area contributed by atoms with Gasteiger partial charge in [0.1, 0.15) is 10.5 Å². The fourth-order valence-corrected chi connectivity index (χ4v) is 2.97. The number of benzene rings is 1. The highest BCUT2D eigenvalue weighted by Crippen LogP contribution is 2.33. The molecule has 0 aliphatic heterocycles. The summed E-state index contributed by atoms with van der Waals surface area (Å²) in [5, 5.41) is 19.7. The molecule has 2 rings (SSSR count). The Labute approximate surface area is 112 Å². The molecule has 1 N–H and O–H groups in total. The first-order valence-electron chi connectivity index (χ1n) is 5.45. The average molecular weight is 299 g/mol. The summed E-state index contributed by atoms with van der Waals surface area (Å²) < 4.78 is 28.9. The lowest BCUT2D eigenvalue weighted by atomic mass is 10.2. The largest absolute Gasteiger partial charge is 0.475 e. The van der Waals surface area contributed by atoms with Crippen molar-refractivity contribution >= 4 is 32.5 Å². The molecule has 8 nitrogen and oxygen atoms in total.